The van der Waals surface area contributed by atoms with E-state index in [1.54, 1.807) is 6.07 Å². The topological polar surface area (TPSA) is 50.1 Å². The summed E-state index contributed by atoms with van der Waals surface area (Å²) in [5.74, 6) is -0.963. The van der Waals surface area contributed by atoms with Crippen LogP contribution in [0.15, 0.2) is 0 Å². The molecule has 0 aromatic heterocycles. The number of alkyl halides is 2. The van der Waals surface area contributed by atoms with Crippen LogP contribution in [0.25, 0.3) is 0 Å². The summed E-state index contributed by atoms with van der Waals surface area (Å²) in [5.41, 5.74) is 0. The molecule has 0 aliphatic rings. The number of unbranched alkanes of at least 4 members (excludes halogenated alkanes) is 1. The Morgan fingerprint density at radius 1 is 1.64 bits per heavy atom. The van der Waals surface area contributed by atoms with Crippen LogP contribution in [-0.4, -0.2) is 12.6 Å². The molecule has 62 valence electrons. The van der Waals surface area contributed by atoms with Crippen molar-refractivity contribution in [2.24, 2.45) is 0 Å². The number of rotatable bonds is 4. The molecule has 3 nitrogen and oxygen atoms in total. The molecule has 0 fully saturated rings. The van der Waals surface area contributed by atoms with Crippen molar-refractivity contribution in [1.29, 1.82) is 5.26 Å². The molecule has 0 amide bonds. The Morgan fingerprint density at radius 3 is 2.73 bits per heavy atom. The van der Waals surface area contributed by atoms with E-state index in [9.17, 15) is 13.6 Å². The van der Waals surface area contributed by atoms with Crippen molar-refractivity contribution in [3.8, 4) is 6.07 Å². The molecule has 0 heterocycles. The van der Waals surface area contributed by atoms with E-state index in [1.807, 2.05) is 0 Å². The maximum Gasteiger partial charge on any atom is 0.389 e. The molecular weight excluding hydrogens is 156 g/mol. The number of nitrogens with zero attached hydrogens (tertiary/aromatic N) is 1. The third kappa shape index (κ3) is 6.71. The minimum atomic E-state index is -3.05. The van der Waals surface area contributed by atoms with Crippen molar-refractivity contribution in [3.05, 3.63) is 0 Å². The fraction of sp³-hybridized carbons (Fsp3) is 0.667. The van der Waals surface area contributed by atoms with Gasteiger partial charge in [0.25, 0.3) is 0 Å². The van der Waals surface area contributed by atoms with Gasteiger partial charge in [0.15, 0.2) is 0 Å². The molecule has 0 saturated carbocycles. The normalized spacial score (nSPS) is 9.27. The molecule has 0 N–H and O–H groups in total. The minimum Gasteiger partial charge on any atom is -0.403 e. The zero-order valence-electron chi connectivity index (χ0n) is 5.72. The van der Waals surface area contributed by atoms with Crippen molar-refractivity contribution in [2.75, 3.05) is 0 Å². The smallest absolute Gasteiger partial charge is 0.389 e. The van der Waals surface area contributed by atoms with Gasteiger partial charge in [-0.3, -0.25) is 4.79 Å². The van der Waals surface area contributed by atoms with Crippen molar-refractivity contribution in [1.82, 2.24) is 0 Å². The molecule has 0 unspecified atom stereocenters. The molecule has 0 aromatic carbocycles. The summed E-state index contributed by atoms with van der Waals surface area (Å²) in [6.45, 7) is -3.05. The molecule has 0 spiro atoms. The van der Waals surface area contributed by atoms with Gasteiger partial charge < -0.3 is 4.74 Å². The summed E-state index contributed by atoms with van der Waals surface area (Å²) in [5, 5.41) is 8.01. The van der Waals surface area contributed by atoms with Gasteiger partial charge in [-0.05, 0) is 6.42 Å². The van der Waals surface area contributed by atoms with Crippen LogP contribution >= 0.6 is 0 Å². The van der Waals surface area contributed by atoms with Gasteiger partial charge in [-0.25, -0.2) is 0 Å². The van der Waals surface area contributed by atoms with Gasteiger partial charge in [-0.2, -0.15) is 14.0 Å². The second-order valence-electron chi connectivity index (χ2n) is 1.76. The Balaban J connectivity index is 3.32. The van der Waals surface area contributed by atoms with Crippen LogP contribution in [-0.2, 0) is 9.53 Å². The zero-order valence-corrected chi connectivity index (χ0v) is 5.72. The van der Waals surface area contributed by atoms with E-state index in [0.29, 0.717) is 0 Å². The van der Waals surface area contributed by atoms with Crippen LogP contribution in [0, 0.1) is 11.3 Å². The zero-order chi connectivity index (χ0) is 8.69. The van der Waals surface area contributed by atoms with E-state index in [1.165, 1.54) is 0 Å². The van der Waals surface area contributed by atoms with Crippen molar-refractivity contribution < 1.29 is 18.3 Å². The van der Waals surface area contributed by atoms with Crippen LogP contribution in [0.5, 0.6) is 0 Å². The molecule has 0 aliphatic heterocycles. The highest BCUT2D eigenvalue weighted by atomic mass is 19.3. The first-order valence-corrected chi connectivity index (χ1v) is 3.01. The molecule has 11 heavy (non-hydrogen) atoms. The summed E-state index contributed by atoms with van der Waals surface area (Å²) >= 11 is 0. The highest BCUT2D eigenvalue weighted by Gasteiger charge is 2.09. The van der Waals surface area contributed by atoms with Crippen molar-refractivity contribution in [2.45, 2.75) is 25.9 Å². The number of carbonyl (C=O) groups excluding carboxylic acids is 1. The first-order chi connectivity index (χ1) is 5.16. The van der Waals surface area contributed by atoms with E-state index in [2.05, 4.69) is 4.74 Å². The van der Waals surface area contributed by atoms with E-state index >= 15 is 0 Å². The monoisotopic (exact) mass is 163 g/mol. The van der Waals surface area contributed by atoms with Crippen molar-refractivity contribution in [3.63, 3.8) is 0 Å². The third-order valence-electron chi connectivity index (χ3n) is 0.890. The van der Waals surface area contributed by atoms with Crippen LogP contribution in [0.1, 0.15) is 19.3 Å². The quantitative estimate of drug-likeness (QED) is 0.465. The highest BCUT2D eigenvalue weighted by molar-refractivity contribution is 5.69. The predicted molar refractivity (Wildman–Crippen MR) is 31.6 cm³/mol. The van der Waals surface area contributed by atoms with Gasteiger partial charge in [0.2, 0.25) is 0 Å². The summed E-state index contributed by atoms with van der Waals surface area (Å²) in [4.78, 5) is 10.3. The predicted octanol–water partition coefficient (Wildman–Crippen LogP) is 1.45. The van der Waals surface area contributed by atoms with E-state index < -0.39 is 12.6 Å². The number of hydrogen-bond acceptors (Lipinski definition) is 3. The van der Waals surface area contributed by atoms with E-state index in [4.69, 9.17) is 5.26 Å². The van der Waals surface area contributed by atoms with Crippen LogP contribution < -0.4 is 0 Å². The van der Waals surface area contributed by atoms with Gasteiger partial charge >= 0.3 is 12.6 Å². The molecule has 0 saturated heterocycles. The number of halogens is 2. The van der Waals surface area contributed by atoms with Crippen LogP contribution in [0.2, 0.25) is 0 Å². The lowest BCUT2D eigenvalue weighted by Gasteiger charge is -1.99. The van der Waals surface area contributed by atoms with Gasteiger partial charge in [0.05, 0.1) is 6.07 Å². The van der Waals surface area contributed by atoms with Crippen molar-refractivity contribution >= 4 is 5.97 Å². The number of esters is 1. The standard InChI is InChI=1S/C6H7F2NO2/c7-6(8)11-5(10)3-1-2-4-9/h6H,1-3H2. The lowest BCUT2D eigenvalue weighted by Crippen LogP contribution is -2.08. The largest absolute Gasteiger partial charge is 0.403 e. The average Bonchev–Trinajstić information content (AvgIpc) is 1.86. The van der Waals surface area contributed by atoms with Gasteiger partial charge in [-0.1, -0.05) is 0 Å². The first-order valence-electron chi connectivity index (χ1n) is 3.01. The van der Waals surface area contributed by atoms with Crippen LogP contribution in [0.3, 0.4) is 0 Å². The number of carbonyl (C=O) groups is 1. The Labute approximate surface area is 62.6 Å². The second kappa shape index (κ2) is 5.59. The van der Waals surface area contributed by atoms with E-state index in [-0.39, 0.29) is 19.3 Å². The Kier molecular flexibility index (Phi) is 4.99. The molecule has 0 bridgehead atoms. The fourth-order valence-corrected chi connectivity index (χ4v) is 0.470. The SMILES string of the molecule is N#CCCCC(=O)OC(F)F. The average molecular weight is 163 g/mol. The third-order valence-corrected chi connectivity index (χ3v) is 0.890. The lowest BCUT2D eigenvalue weighted by molar-refractivity contribution is -0.176. The Morgan fingerprint density at radius 2 is 2.27 bits per heavy atom. The maximum atomic E-state index is 11.3. The summed E-state index contributed by atoms with van der Waals surface area (Å²) in [6.07, 6.45) is 0.318. The molecule has 0 aliphatic carbocycles. The maximum absolute atomic E-state index is 11.3. The lowest BCUT2D eigenvalue weighted by atomic mass is 10.2. The molecular formula is C6H7F2NO2. The highest BCUT2D eigenvalue weighted by Crippen LogP contribution is 2.01. The summed E-state index contributed by atoms with van der Waals surface area (Å²) in [6, 6.07) is 1.78. The molecule has 0 atom stereocenters. The first kappa shape index (κ1) is 9.82. The molecule has 0 aromatic rings. The fourth-order valence-electron chi connectivity index (χ4n) is 0.470. The summed E-state index contributed by atoms with van der Waals surface area (Å²) in [7, 11) is 0. The summed E-state index contributed by atoms with van der Waals surface area (Å²) < 4.78 is 26.1. The molecule has 5 heteroatoms. The van der Waals surface area contributed by atoms with Gasteiger partial charge in [0, 0.05) is 12.8 Å². The number of nitriles is 1. The number of hydrogen-bond donors (Lipinski definition) is 0. The van der Waals surface area contributed by atoms with Gasteiger partial charge in [0.1, 0.15) is 0 Å². The Hall–Kier alpha value is -1.18. The van der Waals surface area contributed by atoms with Gasteiger partial charge in [-0.15, -0.1) is 0 Å². The molecule has 0 rings (SSSR count). The Bertz CT molecular complexity index is 164. The van der Waals surface area contributed by atoms with Crippen LogP contribution in [0.4, 0.5) is 8.78 Å². The van der Waals surface area contributed by atoms with E-state index in [0.717, 1.165) is 0 Å². The minimum absolute atomic E-state index is 0.127. The second-order valence-corrected chi connectivity index (χ2v) is 1.76. The number of ether oxygens (including phenoxy) is 1. The molecule has 0 radical (unpaired) electrons.